The zero-order valence-electron chi connectivity index (χ0n) is 20.3. The molecular weight excluding hydrogens is 402 g/mol. The summed E-state index contributed by atoms with van der Waals surface area (Å²) in [4.78, 5) is 25.2. The molecule has 7 nitrogen and oxygen atoms in total. The van der Waals surface area contributed by atoms with Gasteiger partial charge in [0.15, 0.2) is 5.65 Å². The molecule has 0 bridgehead atoms. The first-order chi connectivity index (χ1) is 15.2. The van der Waals surface area contributed by atoms with Crippen LogP contribution in [0.4, 0.5) is 11.4 Å². The monoisotopic (exact) mass is 437 g/mol. The number of benzene rings is 1. The van der Waals surface area contributed by atoms with Gasteiger partial charge in [-0.25, -0.2) is 9.98 Å². The van der Waals surface area contributed by atoms with Crippen molar-refractivity contribution in [2.45, 2.75) is 53.4 Å². The fourth-order valence-electron chi connectivity index (χ4n) is 3.99. The third-order valence-corrected chi connectivity index (χ3v) is 5.74. The molecule has 0 aliphatic heterocycles. The van der Waals surface area contributed by atoms with E-state index in [-0.39, 0.29) is 17.4 Å². The number of rotatable bonds is 8. The predicted molar refractivity (Wildman–Crippen MR) is 131 cm³/mol. The normalized spacial score (nSPS) is 12.5. The number of likely N-dealkylation sites (N-methyl/N-ethyl adjacent to an activating group) is 1. The van der Waals surface area contributed by atoms with E-state index < -0.39 is 0 Å². The Morgan fingerprint density at radius 1 is 1.25 bits per heavy atom. The molecule has 0 aliphatic carbocycles. The summed E-state index contributed by atoms with van der Waals surface area (Å²) in [5, 5.41) is 4.25. The van der Waals surface area contributed by atoms with E-state index >= 15 is 0 Å². The lowest BCUT2D eigenvalue weighted by atomic mass is 9.96. The summed E-state index contributed by atoms with van der Waals surface area (Å²) in [5.41, 5.74) is 5.01. The topological polar surface area (TPSA) is 75.0 Å². The van der Waals surface area contributed by atoms with Crippen LogP contribution in [0, 0.1) is 6.92 Å². The Balaban J connectivity index is 2.18. The van der Waals surface area contributed by atoms with Crippen LogP contribution in [0.3, 0.4) is 0 Å². The third-order valence-electron chi connectivity index (χ3n) is 5.74. The number of nitrogens with one attached hydrogen (secondary N) is 1. The summed E-state index contributed by atoms with van der Waals surface area (Å²) < 4.78 is 6.71. The highest BCUT2D eigenvalue weighted by Gasteiger charge is 2.20. The minimum Gasteiger partial charge on any atom is -0.383 e. The second-order valence-corrected chi connectivity index (χ2v) is 8.78. The highest BCUT2D eigenvalue weighted by Crippen LogP contribution is 2.25. The number of fused-ring (bicyclic) bond motifs is 1. The summed E-state index contributed by atoms with van der Waals surface area (Å²) in [6.07, 6.45) is 0. The molecular formula is C25H35N5O2. The fourth-order valence-corrected chi connectivity index (χ4v) is 3.99. The van der Waals surface area contributed by atoms with Crippen LogP contribution in [0.25, 0.3) is 12.2 Å². The molecule has 0 aliphatic rings. The largest absolute Gasteiger partial charge is 0.383 e. The SMILES string of the molecule is C=c1[nH]n2c(=O)c(C(C)C)c(C(C)C)nc2c1=Nc1ccc(N(CC)CCOC)cc1C. The van der Waals surface area contributed by atoms with Crippen molar-refractivity contribution < 1.29 is 4.74 Å². The number of methoxy groups -OCH3 is 1. The Kier molecular flexibility index (Phi) is 7.19. The molecule has 2 aromatic heterocycles. The van der Waals surface area contributed by atoms with Crippen molar-refractivity contribution in [1.29, 1.82) is 0 Å². The molecule has 0 spiro atoms. The number of hydrogen-bond donors (Lipinski definition) is 1. The lowest BCUT2D eigenvalue weighted by molar-refractivity contribution is 0.205. The van der Waals surface area contributed by atoms with Crippen LogP contribution in [0.2, 0.25) is 0 Å². The van der Waals surface area contributed by atoms with Gasteiger partial charge in [-0.05, 0) is 49.4 Å². The first-order valence-corrected chi connectivity index (χ1v) is 11.3. The molecule has 0 saturated heterocycles. The zero-order valence-corrected chi connectivity index (χ0v) is 20.3. The molecule has 0 unspecified atom stereocenters. The molecule has 0 fully saturated rings. The van der Waals surface area contributed by atoms with Gasteiger partial charge in [-0.15, -0.1) is 0 Å². The lowest BCUT2D eigenvalue weighted by Gasteiger charge is -2.23. The zero-order chi connectivity index (χ0) is 23.6. The predicted octanol–water partition coefficient (Wildman–Crippen LogP) is 3.41. The number of anilines is 1. The van der Waals surface area contributed by atoms with Crippen molar-refractivity contribution in [2.75, 3.05) is 31.7 Å². The van der Waals surface area contributed by atoms with Crippen LogP contribution < -0.4 is 21.2 Å². The van der Waals surface area contributed by atoms with Crippen molar-refractivity contribution >= 4 is 23.6 Å². The Hall–Kier alpha value is -2.93. The maximum absolute atomic E-state index is 13.2. The number of aromatic nitrogens is 3. The highest BCUT2D eigenvalue weighted by atomic mass is 16.5. The summed E-state index contributed by atoms with van der Waals surface area (Å²) in [6, 6.07) is 6.21. The Morgan fingerprint density at radius 3 is 2.53 bits per heavy atom. The minimum atomic E-state index is -0.0798. The average molecular weight is 438 g/mol. The number of aryl methyl sites for hydroxylation is 1. The molecule has 1 N–H and O–H groups in total. The lowest BCUT2D eigenvalue weighted by Crippen LogP contribution is -2.26. The van der Waals surface area contributed by atoms with Gasteiger partial charge in [0, 0.05) is 31.5 Å². The van der Waals surface area contributed by atoms with Gasteiger partial charge in [-0.3, -0.25) is 9.89 Å². The Bertz CT molecular complexity index is 1270. The Labute approximate surface area is 189 Å². The van der Waals surface area contributed by atoms with E-state index in [0.29, 0.717) is 23.0 Å². The quantitative estimate of drug-likeness (QED) is 0.586. The molecule has 0 atom stereocenters. The van der Waals surface area contributed by atoms with Crippen LogP contribution in [0.5, 0.6) is 0 Å². The highest BCUT2D eigenvalue weighted by molar-refractivity contribution is 5.58. The van der Waals surface area contributed by atoms with E-state index in [9.17, 15) is 4.79 Å². The van der Waals surface area contributed by atoms with Crippen LogP contribution in [0.1, 0.15) is 63.3 Å². The molecule has 0 amide bonds. The minimum absolute atomic E-state index is 0.0793. The van der Waals surface area contributed by atoms with Crippen molar-refractivity contribution in [2.24, 2.45) is 4.99 Å². The summed E-state index contributed by atoms with van der Waals surface area (Å²) in [5.74, 6) is 0.213. The first-order valence-electron chi connectivity index (χ1n) is 11.3. The fraction of sp³-hybridized carbons (Fsp3) is 0.480. The van der Waals surface area contributed by atoms with E-state index in [0.717, 1.165) is 41.3 Å². The van der Waals surface area contributed by atoms with Gasteiger partial charge in [0.2, 0.25) is 0 Å². The molecule has 7 heteroatoms. The number of hydrogen-bond acceptors (Lipinski definition) is 5. The van der Waals surface area contributed by atoms with E-state index in [2.05, 4.69) is 49.5 Å². The van der Waals surface area contributed by atoms with Crippen LogP contribution in [-0.2, 0) is 4.74 Å². The molecule has 1 aromatic carbocycles. The maximum Gasteiger partial charge on any atom is 0.276 e. The summed E-state index contributed by atoms with van der Waals surface area (Å²) >= 11 is 0. The van der Waals surface area contributed by atoms with Crippen molar-refractivity contribution in [3.63, 3.8) is 0 Å². The van der Waals surface area contributed by atoms with Gasteiger partial charge in [0.1, 0.15) is 5.36 Å². The van der Waals surface area contributed by atoms with E-state index in [1.165, 1.54) is 4.52 Å². The molecule has 0 saturated carbocycles. The number of nitrogens with zero attached hydrogens (tertiary/aromatic N) is 4. The molecule has 2 heterocycles. The standard InChI is InChI=1S/C25H35N5O2/c1-9-29(12-13-32-8)19-10-11-20(17(6)14-19)26-23-18(7)28-30-24(23)27-22(16(4)5)21(15(2)3)25(30)31/h10-11,14-16,28H,7,9,12-13H2,1-6,8H3. The third kappa shape index (κ3) is 4.48. The van der Waals surface area contributed by atoms with Crippen molar-refractivity contribution in [3.8, 4) is 0 Å². The molecule has 3 rings (SSSR count). The van der Waals surface area contributed by atoms with Crippen LogP contribution in [-0.4, -0.2) is 41.4 Å². The average Bonchev–Trinajstić information content (AvgIpc) is 3.05. The van der Waals surface area contributed by atoms with Crippen LogP contribution in [0.15, 0.2) is 28.0 Å². The van der Waals surface area contributed by atoms with Gasteiger partial charge in [0.25, 0.3) is 5.56 Å². The number of aromatic amines is 1. The molecule has 172 valence electrons. The van der Waals surface area contributed by atoms with Crippen molar-refractivity contribution in [1.82, 2.24) is 14.6 Å². The molecule has 3 aromatic rings. The molecule has 32 heavy (non-hydrogen) atoms. The van der Waals surface area contributed by atoms with Gasteiger partial charge in [-0.1, -0.05) is 34.3 Å². The Morgan fingerprint density at radius 2 is 1.97 bits per heavy atom. The first kappa shape index (κ1) is 23.7. The van der Waals surface area contributed by atoms with Gasteiger partial charge in [0.05, 0.1) is 23.3 Å². The van der Waals surface area contributed by atoms with E-state index in [1.54, 1.807) is 7.11 Å². The number of ether oxygens (including phenoxy) is 1. The second-order valence-electron chi connectivity index (χ2n) is 8.78. The van der Waals surface area contributed by atoms with Gasteiger partial charge >= 0.3 is 0 Å². The van der Waals surface area contributed by atoms with Gasteiger partial charge < -0.3 is 9.64 Å². The number of H-pyrrole nitrogens is 1. The van der Waals surface area contributed by atoms with Crippen molar-refractivity contribution in [3.05, 3.63) is 56.1 Å². The smallest absolute Gasteiger partial charge is 0.276 e. The molecule has 0 radical (unpaired) electrons. The van der Waals surface area contributed by atoms with E-state index in [4.69, 9.17) is 14.7 Å². The summed E-state index contributed by atoms with van der Waals surface area (Å²) in [7, 11) is 1.72. The second kappa shape index (κ2) is 9.69. The summed E-state index contributed by atoms with van der Waals surface area (Å²) in [6.45, 7) is 18.8. The van der Waals surface area contributed by atoms with E-state index in [1.807, 2.05) is 26.8 Å². The van der Waals surface area contributed by atoms with Crippen LogP contribution >= 0.6 is 0 Å². The van der Waals surface area contributed by atoms with Gasteiger partial charge in [-0.2, -0.15) is 4.52 Å². The maximum atomic E-state index is 13.2.